The molecule has 3 aromatic rings. The van der Waals surface area contributed by atoms with E-state index in [9.17, 15) is 8.78 Å². The van der Waals surface area contributed by atoms with Crippen molar-refractivity contribution in [1.29, 1.82) is 0 Å². The number of rotatable bonds is 4. The predicted octanol–water partition coefficient (Wildman–Crippen LogP) is 4.18. The average Bonchev–Trinajstić information content (AvgIpc) is 2.68. The Balaban J connectivity index is 1.72. The minimum absolute atomic E-state index is 0.113. The van der Waals surface area contributed by atoms with Crippen LogP contribution in [0.2, 0.25) is 0 Å². The number of likely N-dealkylation sites (tertiary alicyclic amines) is 1. The van der Waals surface area contributed by atoms with Crippen molar-refractivity contribution in [3.8, 4) is 11.3 Å². The molecule has 2 aromatic heterocycles. The van der Waals surface area contributed by atoms with Crippen molar-refractivity contribution in [1.82, 2.24) is 19.9 Å². The average molecular weight is 381 g/mol. The Hall–Kier alpha value is -2.93. The molecule has 1 fully saturated rings. The zero-order chi connectivity index (χ0) is 19.5. The van der Waals surface area contributed by atoms with Crippen LogP contribution in [0.1, 0.15) is 18.2 Å². The third-order valence-electron chi connectivity index (χ3n) is 4.75. The fourth-order valence-corrected chi connectivity index (χ4v) is 3.52. The largest absolute Gasteiger partial charge is 0.340 e. The first-order chi connectivity index (χ1) is 13.6. The summed E-state index contributed by atoms with van der Waals surface area (Å²) in [5.41, 5.74) is 2.13. The molecule has 0 bridgehead atoms. The van der Waals surface area contributed by atoms with Crippen LogP contribution in [0.3, 0.4) is 0 Å². The molecular weight excluding hydrogens is 360 g/mol. The Bertz CT molecular complexity index is 941. The normalized spacial score (nSPS) is 20.1. The first-order valence-electron chi connectivity index (χ1n) is 9.21. The second-order valence-electron chi connectivity index (χ2n) is 7.12. The first-order valence-corrected chi connectivity index (χ1v) is 9.21. The van der Waals surface area contributed by atoms with E-state index in [1.807, 2.05) is 24.1 Å². The highest BCUT2D eigenvalue weighted by Crippen LogP contribution is 2.29. The number of aromatic nitrogens is 3. The highest BCUT2D eigenvalue weighted by molar-refractivity contribution is 5.65. The monoisotopic (exact) mass is 381 g/mol. The van der Waals surface area contributed by atoms with Crippen LogP contribution in [0, 0.1) is 5.82 Å². The molecule has 1 aliphatic heterocycles. The van der Waals surface area contributed by atoms with Crippen LogP contribution in [0.5, 0.6) is 0 Å². The fourth-order valence-electron chi connectivity index (χ4n) is 3.52. The van der Waals surface area contributed by atoms with Crippen molar-refractivity contribution in [3.05, 3.63) is 66.5 Å². The number of alkyl halides is 1. The number of hydrogen-bond acceptors (Lipinski definition) is 5. The maximum atomic E-state index is 14.1. The maximum Gasteiger partial charge on any atom is 0.135 e. The molecule has 0 aliphatic carbocycles. The number of nitrogens with one attached hydrogen (secondary N) is 1. The second kappa shape index (κ2) is 7.98. The predicted molar refractivity (Wildman–Crippen MR) is 105 cm³/mol. The second-order valence-corrected chi connectivity index (χ2v) is 7.12. The van der Waals surface area contributed by atoms with E-state index in [1.165, 1.54) is 12.1 Å². The summed E-state index contributed by atoms with van der Waals surface area (Å²) < 4.78 is 27.7. The molecule has 0 radical (unpaired) electrons. The number of benzene rings is 1. The van der Waals surface area contributed by atoms with E-state index in [1.54, 1.807) is 30.6 Å². The summed E-state index contributed by atoms with van der Waals surface area (Å²) in [6.45, 7) is 1.11. The van der Waals surface area contributed by atoms with E-state index in [4.69, 9.17) is 4.98 Å². The first kappa shape index (κ1) is 18.4. The van der Waals surface area contributed by atoms with Gasteiger partial charge in [0.2, 0.25) is 0 Å². The van der Waals surface area contributed by atoms with E-state index in [-0.39, 0.29) is 11.7 Å². The van der Waals surface area contributed by atoms with Gasteiger partial charge in [-0.3, -0.25) is 4.98 Å². The van der Waals surface area contributed by atoms with Gasteiger partial charge < -0.3 is 10.2 Å². The van der Waals surface area contributed by atoms with E-state index in [0.717, 1.165) is 5.56 Å². The van der Waals surface area contributed by atoms with Gasteiger partial charge in [0.1, 0.15) is 23.6 Å². The van der Waals surface area contributed by atoms with Gasteiger partial charge in [0.15, 0.2) is 0 Å². The van der Waals surface area contributed by atoms with Crippen LogP contribution in [0.15, 0.2) is 54.9 Å². The van der Waals surface area contributed by atoms with E-state index >= 15 is 0 Å². The molecule has 2 atom stereocenters. The van der Waals surface area contributed by atoms with Gasteiger partial charge in [-0.1, -0.05) is 6.07 Å². The Kier molecular flexibility index (Phi) is 5.25. The SMILES string of the molecule is CN1CC(F)CC(c2nc(Nc3cccc(F)c3)cc(-c3cccnc3)n2)C1. The topological polar surface area (TPSA) is 53.9 Å². The Labute approximate surface area is 162 Å². The molecule has 1 aliphatic rings. The van der Waals surface area contributed by atoms with Crippen molar-refractivity contribution in [2.45, 2.75) is 18.5 Å². The number of hydrogen-bond donors (Lipinski definition) is 1. The van der Waals surface area contributed by atoms with Gasteiger partial charge in [-0.2, -0.15) is 0 Å². The van der Waals surface area contributed by atoms with Crippen LogP contribution in [-0.2, 0) is 0 Å². The highest BCUT2D eigenvalue weighted by Gasteiger charge is 2.28. The lowest BCUT2D eigenvalue weighted by molar-refractivity contribution is 0.143. The van der Waals surface area contributed by atoms with E-state index < -0.39 is 6.17 Å². The lowest BCUT2D eigenvalue weighted by Crippen LogP contribution is -2.38. The van der Waals surface area contributed by atoms with Gasteiger partial charge in [-0.25, -0.2) is 18.7 Å². The molecule has 28 heavy (non-hydrogen) atoms. The van der Waals surface area contributed by atoms with Crippen LogP contribution < -0.4 is 5.32 Å². The summed E-state index contributed by atoms with van der Waals surface area (Å²) in [6, 6.07) is 11.7. The van der Waals surface area contributed by atoms with Gasteiger partial charge in [0, 0.05) is 48.7 Å². The molecule has 3 heterocycles. The van der Waals surface area contributed by atoms with Crippen molar-refractivity contribution in [2.24, 2.45) is 0 Å². The lowest BCUT2D eigenvalue weighted by Gasteiger charge is -2.31. The standard InChI is InChI=1S/C21H21F2N5/c1-28-12-15(8-17(23)13-28)21-26-19(14-4-3-7-24-11-14)10-20(27-21)25-18-6-2-5-16(22)9-18/h2-7,9-11,15,17H,8,12-13H2,1H3,(H,25,26,27). The number of nitrogens with zero attached hydrogens (tertiary/aromatic N) is 4. The van der Waals surface area contributed by atoms with Gasteiger partial charge in [0.05, 0.1) is 5.69 Å². The smallest absolute Gasteiger partial charge is 0.135 e. The molecule has 1 saturated heterocycles. The van der Waals surface area contributed by atoms with Crippen molar-refractivity contribution >= 4 is 11.5 Å². The summed E-state index contributed by atoms with van der Waals surface area (Å²) in [6.07, 6.45) is 2.90. The molecule has 0 spiro atoms. The Morgan fingerprint density at radius 3 is 2.75 bits per heavy atom. The summed E-state index contributed by atoms with van der Waals surface area (Å²) in [4.78, 5) is 15.4. The van der Waals surface area contributed by atoms with Crippen molar-refractivity contribution < 1.29 is 8.78 Å². The number of piperidine rings is 1. The minimum atomic E-state index is -0.908. The Morgan fingerprint density at radius 1 is 1.11 bits per heavy atom. The van der Waals surface area contributed by atoms with Crippen LogP contribution in [0.4, 0.5) is 20.3 Å². The molecule has 5 nitrogen and oxygen atoms in total. The zero-order valence-corrected chi connectivity index (χ0v) is 15.5. The fraction of sp³-hybridized carbons (Fsp3) is 0.286. The molecule has 144 valence electrons. The molecular formula is C21H21F2N5. The van der Waals surface area contributed by atoms with E-state index in [2.05, 4.69) is 15.3 Å². The molecule has 1 aromatic carbocycles. The molecule has 1 N–H and O–H groups in total. The van der Waals surface area contributed by atoms with E-state index in [0.29, 0.717) is 42.5 Å². The van der Waals surface area contributed by atoms with Crippen LogP contribution >= 0.6 is 0 Å². The molecule has 0 saturated carbocycles. The summed E-state index contributed by atoms with van der Waals surface area (Å²) >= 11 is 0. The van der Waals surface area contributed by atoms with Crippen molar-refractivity contribution in [3.63, 3.8) is 0 Å². The number of halogens is 2. The number of anilines is 2. The van der Waals surface area contributed by atoms with Gasteiger partial charge >= 0.3 is 0 Å². The molecule has 0 amide bonds. The van der Waals surface area contributed by atoms with Gasteiger partial charge in [0.25, 0.3) is 0 Å². The third kappa shape index (κ3) is 4.31. The lowest BCUT2D eigenvalue weighted by atomic mass is 9.96. The van der Waals surface area contributed by atoms with Crippen LogP contribution in [0.25, 0.3) is 11.3 Å². The third-order valence-corrected chi connectivity index (χ3v) is 4.75. The number of likely N-dealkylation sites (N-methyl/N-ethyl adjacent to an activating group) is 1. The summed E-state index contributed by atoms with van der Waals surface area (Å²) in [5, 5.41) is 3.14. The highest BCUT2D eigenvalue weighted by atomic mass is 19.1. The zero-order valence-electron chi connectivity index (χ0n) is 15.5. The molecule has 7 heteroatoms. The summed E-state index contributed by atoms with van der Waals surface area (Å²) in [5.74, 6) is 0.673. The maximum absolute atomic E-state index is 14.1. The van der Waals surface area contributed by atoms with Gasteiger partial charge in [-0.05, 0) is 43.8 Å². The van der Waals surface area contributed by atoms with Crippen LogP contribution in [-0.4, -0.2) is 46.2 Å². The molecule has 2 unspecified atom stereocenters. The molecule has 4 rings (SSSR count). The quantitative estimate of drug-likeness (QED) is 0.735. The number of pyridine rings is 1. The van der Waals surface area contributed by atoms with Crippen molar-refractivity contribution in [2.75, 3.05) is 25.5 Å². The van der Waals surface area contributed by atoms with Gasteiger partial charge in [-0.15, -0.1) is 0 Å². The Morgan fingerprint density at radius 2 is 2.00 bits per heavy atom. The minimum Gasteiger partial charge on any atom is -0.340 e. The summed E-state index contributed by atoms with van der Waals surface area (Å²) in [7, 11) is 1.90.